The maximum atomic E-state index is 12.8. The lowest BCUT2D eigenvalue weighted by Gasteiger charge is -2.25. The van der Waals surface area contributed by atoms with Gasteiger partial charge in [0.2, 0.25) is 23.6 Å². The van der Waals surface area contributed by atoms with Crippen LogP contribution in [0, 0.1) is 5.92 Å². The molecular formula is C21H31N5O6. The van der Waals surface area contributed by atoms with Crippen LogP contribution in [0.25, 0.3) is 0 Å². The van der Waals surface area contributed by atoms with Gasteiger partial charge >= 0.3 is 5.97 Å². The monoisotopic (exact) mass is 449 g/mol. The Morgan fingerprint density at radius 1 is 1.03 bits per heavy atom. The minimum Gasteiger partial charge on any atom is -0.480 e. The summed E-state index contributed by atoms with van der Waals surface area (Å²) in [4.78, 5) is 59.4. The summed E-state index contributed by atoms with van der Waals surface area (Å²) in [5, 5.41) is 16.8. The number of carboxylic acids is 1. The predicted molar refractivity (Wildman–Crippen MR) is 116 cm³/mol. The molecule has 4 unspecified atom stereocenters. The number of carboxylic acid groups (broad SMARTS) is 1. The van der Waals surface area contributed by atoms with Gasteiger partial charge < -0.3 is 32.5 Å². The van der Waals surface area contributed by atoms with Crippen LogP contribution in [0.5, 0.6) is 0 Å². The van der Waals surface area contributed by atoms with Crippen molar-refractivity contribution in [1.29, 1.82) is 0 Å². The third-order valence-electron chi connectivity index (χ3n) is 4.89. The number of carbonyl (C=O) groups excluding carboxylic acids is 4. The van der Waals surface area contributed by atoms with E-state index in [2.05, 4.69) is 16.0 Å². The Balaban J connectivity index is 2.76. The second-order valence-electron chi connectivity index (χ2n) is 7.51. The molecule has 0 radical (unpaired) electrons. The van der Waals surface area contributed by atoms with Crippen LogP contribution in [-0.4, -0.2) is 59.4 Å². The van der Waals surface area contributed by atoms with Crippen molar-refractivity contribution in [1.82, 2.24) is 16.0 Å². The standard InChI is InChI=1S/C21H31N5O6/c1-3-12(2)18(26-17(28)11-24-19(29)14(22)10-16(23)27)20(30)25-15(21(31)32)9-13-7-5-4-6-8-13/h4-8,12,14-15,18H,3,9-11,22H2,1-2H3,(H2,23,27)(H,24,29)(H,25,30)(H,26,28)(H,31,32). The highest BCUT2D eigenvalue weighted by molar-refractivity contribution is 5.93. The highest BCUT2D eigenvalue weighted by Gasteiger charge is 2.30. The molecule has 0 aromatic heterocycles. The zero-order chi connectivity index (χ0) is 24.3. The normalized spacial score (nSPS) is 14.3. The molecule has 0 saturated carbocycles. The topological polar surface area (TPSA) is 194 Å². The van der Waals surface area contributed by atoms with Gasteiger partial charge in [-0.05, 0) is 11.5 Å². The van der Waals surface area contributed by atoms with Crippen LogP contribution in [0.4, 0.5) is 0 Å². The first-order chi connectivity index (χ1) is 15.0. The van der Waals surface area contributed by atoms with Crippen molar-refractivity contribution < 1.29 is 29.1 Å². The molecule has 0 aliphatic carbocycles. The van der Waals surface area contributed by atoms with E-state index in [-0.39, 0.29) is 18.8 Å². The fourth-order valence-corrected chi connectivity index (χ4v) is 2.85. The molecule has 176 valence electrons. The molecule has 0 heterocycles. The van der Waals surface area contributed by atoms with Gasteiger partial charge in [0.1, 0.15) is 12.1 Å². The van der Waals surface area contributed by atoms with Crippen molar-refractivity contribution in [2.24, 2.45) is 17.4 Å². The van der Waals surface area contributed by atoms with Gasteiger partial charge in [-0.3, -0.25) is 19.2 Å². The number of nitrogens with one attached hydrogen (secondary N) is 3. The lowest BCUT2D eigenvalue weighted by atomic mass is 9.97. The molecule has 32 heavy (non-hydrogen) atoms. The van der Waals surface area contributed by atoms with E-state index < -0.39 is 54.3 Å². The number of carbonyl (C=O) groups is 5. The molecule has 11 nitrogen and oxygen atoms in total. The van der Waals surface area contributed by atoms with Crippen LogP contribution >= 0.6 is 0 Å². The highest BCUT2D eigenvalue weighted by Crippen LogP contribution is 2.10. The molecule has 0 aliphatic heterocycles. The van der Waals surface area contributed by atoms with Crippen LogP contribution in [0.1, 0.15) is 32.3 Å². The molecule has 11 heteroatoms. The third kappa shape index (κ3) is 9.13. The smallest absolute Gasteiger partial charge is 0.326 e. The molecule has 1 rings (SSSR count). The lowest BCUT2D eigenvalue weighted by molar-refractivity contribution is -0.142. The second kappa shape index (κ2) is 13.1. The number of aliphatic carboxylic acids is 1. The highest BCUT2D eigenvalue weighted by atomic mass is 16.4. The van der Waals surface area contributed by atoms with E-state index in [1.807, 2.05) is 6.92 Å². The molecule has 0 bridgehead atoms. The van der Waals surface area contributed by atoms with Crippen molar-refractivity contribution in [3.8, 4) is 0 Å². The van der Waals surface area contributed by atoms with Crippen LogP contribution < -0.4 is 27.4 Å². The van der Waals surface area contributed by atoms with Gasteiger partial charge in [-0.15, -0.1) is 0 Å². The molecule has 1 aromatic rings. The first-order valence-electron chi connectivity index (χ1n) is 10.2. The largest absolute Gasteiger partial charge is 0.480 e. The van der Waals surface area contributed by atoms with Crippen LogP contribution in [0.15, 0.2) is 30.3 Å². The maximum Gasteiger partial charge on any atom is 0.326 e. The zero-order valence-corrected chi connectivity index (χ0v) is 18.2. The number of hydrogen-bond acceptors (Lipinski definition) is 6. The van der Waals surface area contributed by atoms with E-state index in [4.69, 9.17) is 11.5 Å². The molecular weight excluding hydrogens is 418 g/mol. The quantitative estimate of drug-likeness (QED) is 0.214. The molecule has 0 spiro atoms. The summed E-state index contributed by atoms with van der Waals surface area (Å²) in [5.74, 6) is -4.32. The van der Waals surface area contributed by atoms with Gasteiger partial charge in [0.25, 0.3) is 0 Å². The summed E-state index contributed by atoms with van der Waals surface area (Å²) in [5.41, 5.74) is 11.2. The summed E-state index contributed by atoms with van der Waals surface area (Å²) in [7, 11) is 0. The fraction of sp³-hybridized carbons (Fsp3) is 0.476. The zero-order valence-electron chi connectivity index (χ0n) is 18.2. The summed E-state index contributed by atoms with van der Waals surface area (Å²) >= 11 is 0. The van der Waals surface area contributed by atoms with Gasteiger partial charge in [-0.25, -0.2) is 4.79 Å². The van der Waals surface area contributed by atoms with E-state index in [9.17, 15) is 29.1 Å². The van der Waals surface area contributed by atoms with Crippen LogP contribution in [0.2, 0.25) is 0 Å². The Morgan fingerprint density at radius 3 is 2.19 bits per heavy atom. The number of rotatable bonds is 13. The molecule has 4 atom stereocenters. The van der Waals surface area contributed by atoms with Crippen molar-refractivity contribution in [3.05, 3.63) is 35.9 Å². The van der Waals surface area contributed by atoms with Crippen molar-refractivity contribution in [2.75, 3.05) is 6.54 Å². The lowest BCUT2D eigenvalue weighted by Crippen LogP contribution is -2.56. The molecule has 4 amide bonds. The first-order valence-corrected chi connectivity index (χ1v) is 10.2. The Labute approximate surface area is 186 Å². The van der Waals surface area contributed by atoms with Gasteiger partial charge in [0, 0.05) is 6.42 Å². The number of primary amides is 1. The fourth-order valence-electron chi connectivity index (χ4n) is 2.85. The Kier molecular flexibility index (Phi) is 10.8. The summed E-state index contributed by atoms with van der Waals surface area (Å²) in [6.07, 6.45) is 0.241. The second-order valence-corrected chi connectivity index (χ2v) is 7.51. The van der Waals surface area contributed by atoms with E-state index in [1.54, 1.807) is 37.3 Å². The van der Waals surface area contributed by atoms with E-state index in [0.29, 0.717) is 6.42 Å². The van der Waals surface area contributed by atoms with Gasteiger partial charge in [-0.1, -0.05) is 50.6 Å². The first kappa shape index (κ1) is 26.6. The Morgan fingerprint density at radius 2 is 1.66 bits per heavy atom. The number of hydrogen-bond donors (Lipinski definition) is 6. The number of amides is 4. The molecule has 0 aliphatic rings. The minimum absolute atomic E-state index is 0.0803. The molecule has 0 fully saturated rings. The van der Waals surface area contributed by atoms with E-state index in [1.165, 1.54) is 0 Å². The van der Waals surface area contributed by atoms with Crippen molar-refractivity contribution >= 4 is 29.6 Å². The third-order valence-corrected chi connectivity index (χ3v) is 4.89. The summed E-state index contributed by atoms with van der Waals surface area (Å²) < 4.78 is 0. The molecule has 0 saturated heterocycles. The van der Waals surface area contributed by atoms with Gasteiger partial charge in [0.15, 0.2) is 0 Å². The Hall–Kier alpha value is -3.47. The Bertz CT molecular complexity index is 816. The predicted octanol–water partition coefficient (Wildman–Crippen LogP) is -1.35. The van der Waals surface area contributed by atoms with Crippen molar-refractivity contribution in [3.63, 3.8) is 0 Å². The van der Waals surface area contributed by atoms with E-state index >= 15 is 0 Å². The minimum atomic E-state index is -1.20. The average Bonchev–Trinajstić information content (AvgIpc) is 2.74. The van der Waals surface area contributed by atoms with Crippen LogP contribution in [0.3, 0.4) is 0 Å². The van der Waals surface area contributed by atoms with Gasteiger partial charge in [-0.2, -0.15) is 0 Å². The number of benzene rings is 1. The summed E-state index contributed by atoms with van der Waals surface area (Å²) in [6, 6.07) is 5.45. The maximum absolute atomic E-state index is 12.8. The SMILES string of the molecule is CCC(C)C(NC(=O)CNC(=O)C(N)CC(N)=O)C(=O)NC(Cc1ccccc1)C(=O)O. The van der Waals surface area contributed by atoms with Crippen molar-refractivity contribution in [2.45, 2.75) is 51.2 Å². The van der Waals surface area contributed by atoms with Crippen LogP contribution in [-0.2, 0) is 30.4 Å². The van der Waals surface area contributed by atoms with E-state index in [0.717, 1.165) is 5.56 Å². The molecule has 1 aromatic carbocycles. The summed E-state index contributed by atoms with van der Waals surface area (Å²) in [6.45, 7) is 3.08. The average molecular weight is 450 g/mol. The molecule has 8 N–H and O–H groups in total. The van der Waals surface area contributed by atoms with Gasteiger partial charge in [0.05, 0.1) is 19.0 Å². The number of nitrogens with two attached hydrogens (primary N) is 2.